The maximum atomic E-state index is 11.5. The Morgan fingerprint density at radius 1 is 1.33 bits per heavy atom. The second-order valence-electron chi connectivity index (χ2n) is 5.04. The first-order valence-corrected chi connectivity index (χ1v) is 6.85. The topological polar surface area (TPSA) is 55.1 Å². The van der Waals surface area contributed by atoms with E-state index in [0.29, 0.717) is 12.6 Å². The molecule has 2 atom stereocenters. The third kappa shape index (κ3) is 2.72. The third-order valence-corrected chi connectivity index (χ3v) is 3.76. The average Bonchev–Trinajstić information content (AvgIpc) is 2.38. The number of benzene rings is 1. The van der Waals surface area contributed by atoms with Crippen LogP contribution in [0.5, 0.6) is 0 Å². The van der Waals surface area contributed by atoms with Crippen LogP contribution in [-0.4, -0.2) is 12.5 Å². The van der Waals surface area contributed by atoms with E-state index in [1.807, 2.05) is 18.2 Å². The molecule has 0 aliphatic carbocycles. The lowest BCUT2D eigenvalue weighted by atomic mass is 9.84. The summed E-state index contributed by atoms with van der Waals surface area (Å²) in [6, 6.07) is 8.56. The average molecular weight is 246 g/mol. The van der Waals surface area contributed by atoms with Gasteiger partial charge in [-0.25, -0.2) is 0 Å². The summed E-state index contributed by atoms with van der Waals surface area (Å²) in [4.78, 5) is 11.5. The monoisotopic (exact) mass is 246 g/mol. The van der Waals surface area contributed by atoms with E-state index in [2.05, 4.69) is 18.3 Å². The van der Waals surface area contributed by atoms with Gasteiger partial charge in [0.15, 0.2) is 0 Å². The molecule has 2 unspecified atom stereocenters. The number of carbonyl (C=O) groups is 1. The van der Waals surface area contributed by atoms with Crippen LogP contribution in [-0.2, 0) is 4.79 Å². The van der Waals surface area contributed by atoms with Crippen molar-refractivity contribution in [1.29, 1.82) is 0 Å². The van der Waals surface area contributed by atoms with E-state index < -0.39 is 0 Å². The fraction of sp³-hybridized carbons (Fsp3) is 0.533. The Kier molecular flexibility index (Phi) is 4.37. The van der Waals surface area contributed by atoms with Crippen molar-refractivity contribution in [1.82, 2.24) is 5.32 Å². The highest BCUT2D eigenvalue weighted by molar-refractivity contribution is 5.83. The number of fused-ring (bicyclic) bond motifs is 1. The maximum absolute atomic E-state index is 11.5. The lowest BCUT2D eigenvalue weighted by Crippen LogP contribution is -2.38. The van der Waals surface area contributed by atoms with Gasteiger partial charge in [-0.1, -0.05) is 50.5 Å². The van der Waals surface area contributed by atoms with Gasteiger partial charge in [-0.15, -0.1) is 0 Å². The van der Waals surface area contributed by atoms with Crippen molar-refractivity contribution in [2.45, 2.75) is 44.6 Å². The molecule has 0 bridgehead atoms. The Morgan fingerprint density at radius 2 is 2.06 bits per heavy atom. The molecular formula is C15H22N2O. The number of hydrogen-bond donors (Lipinski definition) is 2. The second kappa shape index (κ2) is 6.01. The van der Waals surface area contributed by atoms with E-state index in [-0.39, 0.29) is 11.8 Å². The molecule has 98 valence electrons. The van der Waals surface area contributed by atoms with Crippen molar-refractivity contribution in [3.8, 4) is 0 Å². The van der Waals surface area contributed by atoms with Gasteiger partial charge in [0.1, 0.15) is 0 Å². The van der Waals surface area contributed by atoms with Gasteiger partial charge >= 0.3 is 0 Å². The zero-order valence-corrected chi connectivity index (χ0v) is 11.0. The first-order chi connectivity index (χ1) is 8.74. The van der Waals surface area contributed by atoms with Gasteiger partial charge < -0.3 is 11.1 Å². The van der Waals surface area contributed by atoms with Crippen LogP contribution in [0.25, 0.3) is 0 Å². The first-order valence-electron chi connectivity index (χ1n) is 6.85. The van der Waals surface area contributed by atoms with Crippen LogP contribution in [0.2, 0.25) is 0 Å². The SMILES string of the molecule is CCCCCC1NCC(C(N)=O)c2ccccc21. The molecule has 0 spiro atoms. The summed E-state index contributed by atoms with van der Waals surface area (Å²) in [5.41, 5.74) is 7.84. The van der Waals surface area contributed by atoms with Crippen molar-refractivity contribution in [2.24, 2.45) is 5.73 Å². The van der Waals surface area contributed by atoms with Crippen LogP contribution in [0, 0.1) is 0 Å². The van der Waals surface area contributed by atoms with Crippen LogP contribution in [0.1, 0.15) is 55.7 Å². The number of primary amides is 1. The highest BCUT2D eigenvalue weighted by atomic mass is 16.1. The van der Waals surface area contributed by atoms with E-state index in [0.717, 1.165) is 12.0 Å². The Morgan fingerprint density at radius 3 is 2.72 bits per heavy atom. The van der Waals surface area contributed by atoms with Gasteiger partial charge in [0, 0.05) is 12.6 Å². The van der Waals surface area contributed by atoms with Crippen LogP contribution in [0.3, 0.4) is 0 Å². The molecule has 0 saturated heterocycles. The van der Waals surface area contributed by atoms with Gasteiger partial charge in [-0.3, -0.25) is 4.79 Å². The summed E-state index contributed by atoms with van der Waals surface area (Å²) in [6.07, 6.45) is 4.86. The summed E-state index contributed by atoms with van der Waals surface area (Å²) in [7, 11) is 0. The Labute approximate surface area is 109 Å². The summed E-state index contributed by atoms with van der Waals surface area (Å²) in [6.45, 7) is 2.88. The smallest absolute Gasteiger partial charge is 0.226 e. The van der Waals surface area contributed by atoms with Gasteiger partial charge in [0.25, 0.3) is 0 Å². The summed E-state index contributed by atoms with van der Waals surface area (Å²) in [5.74, 6) is -0.411. The Balaban J connectivity index is 2.17. The van der Waals surface area contributed by atoms with Gasteiger partial charge in [-0.2, -0.15) is 0 Å². The fourth-order valence-corrected chi connectivity index (χ4v) is 2.74. The minimum atomic E-state index is -0.234. The predicted molar refractivity (Wildman–Crippen MR) is 73.3 cm³/mol. The minimum Gasteiger partial charge on any atom is -0.369 e. The van der Waals surface area contributed by atoms with Gasteiger partial charge in [0.05, 0.1) is 5.92 Å². The van der Waals surface area contributed by atoms with E-state index in [1.165, 1.54) is 24.8 Å². The van der Waals surface area contributed by atoms with Crippen molar-refractivity contribution >= 4 is 5.91 Å². The molecule has 0 saturated carbocycles. The molecule has 1 amide bonds. The highest BCUT2D eigenvalue weighted by Gasteiger charge is 2.29. The van der Waals surface area contributed by atoms with E-state index >= 15 is 0 Å². The van der Waals surface area contributed by atoms with Crippen LogP contribution < -0.4 is 11.1 Å². The van der Waals surface area contributed by atoms with Crippen molar-refractivity contribution in [2.75, 3.05) is 6.54 Å². The molecule has 3 heteroatoms. The summed E-state index contributed by atoms with van der Waals surface area (Å²) >= 11 is 0. The molecule has 0 aromatic heterocycles. The number of amides is 1. The molecule has 1 aromatic rings. The number of hydrogen-bond acceptors (Lipinski definition) is 2. The lowest BCUT2D eigenvalue weighted by molar-refractivity contribution is -0.119. The molecule has 1 aromatic carbocycles. The number of carbonyl (C=O) groups excluding carboxylic acids is 1. The van der Waals surface area contributed by atoms with Gasteiger partial charge in [-0.05, 0) is 17.5 Å². The standard InChI is InChI=1S/C15H22N2O/c1-2-3-4-9-14-12-8-6-5-7-11(12)13(10-17-14)15(16)18/h5-8,13-14,17H,2-4,9-10H2,1H3,(H2,16,18). The fourth-order valence-electron chi connectivity index (χ4n) is 2.74. The third-order valence-electron chi connectivity index (χ3n) is 3.76. The normalized spacial score (nSPS) is 22.5. The minimum absolute atomic E-state index is 0.177. The van der Waals surface area contributed by atoms with E-state index in [4.69, 9.17) is 5.73 Å². The zero-order valence-electron chi connectivity index (χ0n) is 11.0. The molecular weight excluding hydrogens is 224 g/mol. The molecule has 2 rings (SSSR count). The maximum Gasteiger partial charge on any atom is 0.226 e. The Hall–Kier alpha value is -1.35. The largest absolute Gasteiger partial charge is 0.369 e. The quantitative estimate of drug-likeness (QED) is 0.784. The molecule has 1 heterocycles. The molecule has 1 aliphatic heterocycles. The van der Waals surface area contributed by atoms with Gasteiger partial charge in [0.2, 0.25) is 5.91 Å². The number of nitrogens with one attached hydrogen (secondary N) is 1. The molecule has 0 radical (unpaired) electrons. The highest BCUT2D eigenvalue weighted by Crippen LogP contribution is 2.32. The molecule has 3 N–H and O–H groups in total. The molecule has 0 fully saturated rings. The molecule has 1 aliphatic rings. The van der Waals surface area contributed by atoms with Crippen LogP contribution >= 0.6 is 0 Å². The number of nitrogens with two attached hydrogens (primary N) is 1. The zero-order chi connectivity index (χ0) is 13.0. The van der Waals surface area contributed by atoms with Crippen molar-refractivity contribution in [3.05, 3.63) is 35.4 Å². The molecule has 18 heavy (non-hydrogen) atoms. The lowest BCUT2D eigenvalue weighted by Gasteiger charge is -2.31. The Bertz CT molecular complexity index is 417. The van der Waals surface area contributed by atoms with Crippen LogP contribution in [0.15, 0.2) is 24.3 Å². The van der Waals surface area contributed by atoms with E-state index in [9.17, 15) is 4.79 Å². The second-order valence-corrected chi connectivity index (χ2v) is 5.04. The predicted octanol–water partition coefficient (Wildman–Crippen LogP) is 2.48. The number of rotatable bonds is 5. The van der Waals surface area contributed by atoms with Crippen LogP contribution in [0.4, 0.5) is 0 Å². The van der Waals surface area contributed by atoms with Crippen molar-refractivity contribution < 1.29 is 4.79 Å². The summed E-state index contributed by atoms with van der Waals surface area (Å²) < 4.78 is 0. The first kappa shape index (κ1) is 13.1. The van der Waals surface area contributed by atoms with E-state index in [1.54, 1.807) is 0 Å². The summed E-state index contributed by atoms with van der Waals surface area (Å²) in [5, 5.41) is 3.46. The molecule has 3 nitrogen and oxygen atoms in total. The number of unbranched alkanes of at least 4 members (excludes halogenated alkanes) is 2. The van der Waals surface area contributed by atoms with Crippen molar-refractivity contribution in [3.63, 3.8) is 0 Å².